The molecule has 1 aromatic rings. The van der Waals surface area contributed by atoms with Crippen molar-refractivity contribution in [3.05, 3.63) is 35.4 Å². The van der Waals surface area contributed by atoms with E-state index in [4.69, 9.17) is 0 Å². The zero-order valence-electron chi connectivity index (χ0n) is 9.41. The van der Waals surface area contributed by atoms with Crippen molar-refractivity contribution in [3.63, 3.8) is 0 Å². The number of rotatable bonds is 4. The lowest BCUT2D eigenvalue weighted by molar-refractivity contribution is 0.0600. The van der Waals surface area contributed by atoms with Crippen LogP contribution in [0.15, 0.2) is 24.3 Å². The number of carbonyl (C=O) groups is 1. The highest BCUT2D eigenvalue weighted by atomic mass is 16.5. The minimum Gasteiger partial charge on any atom is -0.465 e. The third-order valence-electron chi connectivity index (χ3n) is 2.32. The summed E-state index contributed by atoms with van der Waals surface area (Å²) in [7, 11) is 1.39. The number of hydrogen-bond acceptors (Lipinski definition) is 3. The summed E-state index contributed by atoms with van der Waals surface area (Å²) >= 11 is 0. The number of benzene rings is 1. The molecule has 0 aliphatic carbocycles. The van der Waals surface area contributed by atoms with Gasteiger partial charge in [-0.05, 0) is 31.2 Å². The van der Waals surface area contributed by atoms with E-state index in [0.29, 0.717) is 5.56 Å². The molecule has 0 spiro atoms. The van der Waals surface area contributed by atoms with Gasteiger partial charge in [0.15, 0.2) is 0 Å². The highest BCUT2D eigenvalue weighted by Crippen LogP contribution is 2.14. The van der Waals surface area contributed by atoms with Gasteiger partial charge in [0.25, 0.3) is 0 Å². The van der Waals surface area contributed by atoms with Gasteiger partial charge in [-0.15, -0.1) is 0 Å². The Morgan fingerprint density at radius 2 is 2.27 bits per heavy atom. The molecule has 1 N–H and O–H groups in total. The van der Waals surface area contributed by atoms with E-state index in [1.54, 1.807) is 6.07 Å². The van der Waals surface area contributed by atoms with Gasteiger partial charge in [-0.3, -0.25) is 0 Å². The van der Waals surface area contributed by atoms with Crippen molar-refractivity contribution in [1.82, 2.24) is 5.32 Å². The van der Waals surface area contributed by atoms with Crippen molar-refractivity contribution < 1.29 is 9.53 Å². The second kappa shape index (κ2) is 5.51. The van der Waals surface area contributed by atoms with Crippen LogP contribution < -0.4 is 5.32 Å². The summed E-state index contributed by atoms with van der Waals surface area (Å²) in [6.07, 6.45) is 0. The molecular weight excluding hydrogens is 190 g/mol. The lowest BCUT2D eigenvalue weighted by atomic mass is 10.1. The molecule has 3 nitrogen and oxygen atoms in total. The molecule has 0 heterocycles. The monoisotopic (exact) mass is 207 g/mol. The van der Waals surface area contributed by atoms with Crippen LogP contribution in [-0.4, -0.2) is 19.6 Å². The number of ether oxygens (including phenoxy) is 1. The molecule has 0 aromatic heterocycles. The van der Waals surface area contributed by atoms with Gasteiger partial charge >= 0.3 is 5.97 Å². The van der Waals surface area contributed by atoms with Gasteiger partial charge < -0.3 is 10.1 Å². The average Bonchev–Trinajstić information content (AvgIpc) is 2.28. The lowest BCUT2D eigenvalue weighted by Crippen LogP contribution is -2.18. The Morgan fingerprint density at radius 3 is 2.87 bits per heavy atom. The highest BCUT2D eigenvalue weighted by molar-refractivity contribution is 5.89. The zero-order chi connectivity index (χ0) is 11.3. The number of methoxy groups -OCH3 is 1. The van der Waals surface area contributed by atoms with Crippen molar-refractivity contribution in [2.45, 2.75) is 19.9 Å². The minimum atomic E-state index is -0.291. The minimum absolute atomic E-state index is 0.250. The van der Waals surface area contributed by atoms with Crippen LogP contribution in [0.3, 0.4) is 0 Å². The predicted octanol–water partition coefficient (Wildman–Crippen LogP) is 2.14. The fourth-order valence-electron chi connectivity index (χ4n) is 1.48. The predicted molar refractivity (Wildman–Crippen MR) is 59.9 cm³/mol. The molecule has 0 aliphatic heterocycles. The van der Waals surface area contributed by atoms with E-state index in [2.05, 4.69) is 23.9 Å². The van der Waals surface area contributed by atoms with Crippen molar-refractivity contribution in [2.75, 3.05) is 13.7 Å². The maximum absolute atomic E-state index is 11.3. The maximum Gasteiger partial charge on any atom is 0.337 e. The van der Waals surface area contributed by atoms with Crippen LogP contribution in [0.2, 0.25) is 0 Å². The van der Waals surface area contributed by atoms with Gasteiger partial charge in [-0.2, -0.15) is 0 Å². The Hall–Kier alpha value is -1.35. The Kier molecular flexibility index (Phi) is 4.31. The smallest absolute Gasteiger partial charge is 0.337 e. The summed E-state index contributed by atoms with van der Waals surface area (Å²) in [5.74, 6) is -0.291. The van der Waals surface area contributed by atoms with Crippen molar-refractivity contribution in [2.24, 2.45) is 0 Å². The molecule has 0 radical (unpaired) electrons. The normalized spacial score (nSPS) is 12.2. The van der Waals surface area contributed by atoms with Crippen LogP contribution in [0.1, 0.15) is 35.8 Å². The number of hydrogen-bond donors (Lipinski definition) is 1. The quantitative estimate of drug-likeness (QED) is 0.769. The number of carbonyl (C=O) groups excluding carboxylic acids is 1. The number of esters is 1. The Bertz CT molecular complexity index is 336. The SMILES string of the molecule is CCN[C@H](C)c1cccc(C(=O)OC)c1. The van der Waals surface area contributed by atoms with E-state index in [-0.39, 0.29) is 12.0 Å². The van der Waals surface area contributed by atoms with Gasteiger partial charge in [0.05, 0.1) is 12.7 Å². The van der Waals surface area contributed by atoms with E-state index in [1.807, 2.05) is 18.2 Å². The summed E-state index contributed by atoms with van der Waals surface area (Å²) in [5.41, 5.74) is 1.69. The molecule has 3 heteroatoms. The summed E-state index contributed by atoms with van der Waals surface area (Å²) in [5, 5.41) is 3.29. The van der Waals surface area contributed by atoms with Crippen molar-refractivity contribution >= 4 is 5.97 Å². The van der Waals surface area contributed by atoms with E-state index >= 15 is 0 Å². The molecule has 1 rings (SSSR count). The van der Waals surface area contributed by atoms with Crippen LogP contribution in [0.25, 0.3) is 0 Å². The van der Waals surface area contributed by atoms with Gasteiger partial charge in [-0.25, -0.2) is 4.79 Å². The first-order chi connectivity index (χ1) is 7.19. The van der Waals surface area contributed by atoms with Gasteiger partial charge in [0, 0.05) is 6.04 Å². The first-order valence-electron chi connectivity index (χ1n) is 5.10. The van der Waals surface area contributed by atoms with Crippen LogP contribution in [0.5, 0.6) is 0 Å². The fourth-order valence-corrected chi connectivity index (χ4v) is 1.48. The van der Waals surface area contributed by atoms with E-state index in [1.165, 1.54) is 7.11 Å². The van der Waals surface area contributed by atoms with Crippen LogP contribution >= 0.6 is 0 Å². The summed E-state index contributed by atoms with van der Waals surface area (Å²) in [6, 6.07) is 7.74. The molecule has 82 valence electrons. The second-order valence-corrected chi connectivity index (χ2v) is 3.40. The van der Waals surface area contributed by atoms with Crippen molar-refractivity contribution in [1.29, 1.82) is 0 Å². The van der Waals surface area contributed by atoms with E-state index in [0.717, 1.165) is 12.1 Å². The summed E-state index contributed by atoms with van der Waals surface area (Å²) in [6.45, 7) is 5.03. The third kappa shape index (κ3) is 3.06. The largest absolute Gasteiger partial charge is 0.465 e. The molecular formula is C12H17NO2. The molecule has 0 saturated carbocycles. The lowest BCUT2D eigenvalue weighted by Gasteiger charge is -2.13. The molecule has 0 bridgehead atoms. The van der Waals surface area contributed by atoms with Crippen LogP contribution in [0.4, 0.5) is 0 Å². The first kappa shape index (κ1) is 11.7. The van der Waals surface area contributed by atoms with E-state index < -0.39 is 0 Å². The molecule has 15 heavy (non-hydrogen) atoms. The van der Waals surface area contributed by atoms with Crippen molar-refractivity contribution in [3.8, 4) is 0 Å². The number of nitrogens with one attached hydrogen (secondary N) is 1. The molecule has 0 saturated heterocycles. The standard InChI is InChI=1S/C12H17NO2/c1-4-13-9(2)10-6-5-7-11(8-10)12(14)15-3/h5-9,13H,4H2,1-3H3/t9-/m1/s1. The Labute approximate surface area is 90.4 Å². The molecule has 1 atom stereocenters. The third-order valence-corrected chi connectivity index (χ3v) is 2.32. The maximum atomic E-state index is 11.3. The topological polar surface area (TPSA) is 38.3 Å². The van der Waals surface area contributed by atoms with Crippen LogP contribution in [0, 0.1) is 0 Å². The first-order valence-corrected chi connectivity index (χ1v) is 5.10. The zero-order valence-corrected chi connectivity index (χ0v) is 9.41. The van der Waals surface area contributed by atoms with Gasteiger partial charge in [0.2, 0.25) is 0 Å². The highest BCUT2D eigenvalue weighted by Gasteiger charge is 2.08. The van der Waals surface area contributed by atoms with Crippen LogP contribution in [-0.2, 0) is 4.74 Å². The fraction of sp³-hybridized carbons (Fsp3) is 0.417. The van der Waals surface area contributed by atoms with Gasteiger partial charge in [0.1, 0.15) is 0 Å². The molecule has 1 aromatic carbocycles. The Morgan fingerprint density at radius 1 is 1.53 bits per heavy atom. The average molecular weight is 207 g/mol. The molecule has 0 aliphatic rings. The summed E-state index contributed by atoms with van der Waals surface area (Å²) < 4.78 is 4.67. The second-order valence-electron chi connectivity index (χ2n) is 3.40. The Balaban J connectivity index is 2.87. The molecule has 0 amide bonds. The molecule has 0 unspecified atom stereocenters. The van der Waals surface area contributed by atoms with E-state index in [9.17, 15) is 4.79 Å². The molecule has 0 fully saturated rings. The van der Waals surface area contributed by atoms with Gasteiger partial charge in [-0.1, -0.05) is 19.1 Å². The summed E-state index contributed by atoms with van der Waals surface area (Å²) in [4.78, 5) is 11.3.